The number of ether oxygens (including phenoxy) is 1. The Bertz CT molecular complexity index is 4110. The number of nitrogens with zero attached hydrogens (tertiary/aromatic N) is 12. The SMILES string of the molecule is CN1CCN(C(=O)Cc2ccc(Cl)c(Cl)c2)[C@H](CN2CCCC2)[C@@H]1COCC(=O)O.CS(=O)(=O)N1CCN(C(=O)Cc2ccc(Cl)c(Cl)c2)[C@H](CN2CCCC2)C1.N[C@@H](CC(=O)O)C(=O)N1CCN(C(=O)Cc2ccc(Cl)c(Cl)c2)[C@H](CN2CCCC2)C1.O=C(O)CN1CCN(C(=O)Cc2ccc(Cl)c(Cl)c2)[C@H](CN2CCCC2)C1. The molecule has 5 N–H and O–H groups in total. The summed E-state index contributed by atoms with van der Waals surface area (Å²) in [5.74, 6) is -3.27. The summed E-state index contributed by atoms with van der Waals surface area (Å²) in [6.45, 7) is 16.2. The van der Waals surface area contributed by atoms with Crippen LogP contribution >= 0.6 is 92.8 Å². The molecule has 0 spiro atoms. The van der Waals surface area contributed by atoms with Gasteiger partial charge >= 0.3 is 17.9 Å². The van der Waals surface area contributed by atoms with Crippen molar-refractivity contribution in [2.24, 2.45) is 5.73 Å². The minimum atomic E-state index is -3.27. The number of carbonyl (C=O) groups is 8. The Labute approximate surface area is 714 Å². The highest BCUT2D eigenvalue weighted by molar-refractivity contribution is 7.88. The zero-order valence-electron chi connectivity index (χ0n) is 65.2. The largest absolute Gasteiger partial charge is 0.481 e. The third kappa shape index (κ3) is 28.9. The lowest BCUT2D eigenvalue weighted by atomic mass is 10.00. The lowest BCUT2D eigenvalue weighted by Gasteiger charge is -2.47. The van der Waals surface area contributed by atoms with Crippen molar-refractivity contribution in [2.75, 3.05) is 184 Å². The second-order valence-corrected chi connectivity index (χ2v) is 36.0. The molecule has 115 heavy (non-hydrogen) atoms. The molecular formula is C79H107Cl8N13O14S. The van der Waals surface area contributed by atoms with E-state index in [0.29, 0.717) is 125 Å². The van der Waals surface area contributed by atoms with Crippen LogP contribution in [0.25, 0.3) is 0 Å². The highest BCUT2D eigenvalue weighted by atomic mass is 35.5. The van der Waals surface area contributed by atoms with Gasteiger partial charge in [0.05, 0.1) is 128 Å². The monoisotopic (exact) mass is 1770 g/mol. The van der Waals surface area contributed by atoms with Crippen molar-refractivity contribution < 1.29 is 66.8 Å². The first-order valence-corrected chi connectivity index (χ1v) is 44.1. The van der Waals surface area contributed by atoms with Gasteiger partial charge in [-0.25, -0.2) is 13.2 Å². The molecule has 0 aliphatic carbocycles. The van der Waals surface area contributed by atoms with Gasteiger partial charge < -0.3 is 69.9 Å². The Balaban J connectivity index is 0.000000176. The fraction of sp³-hybridized carbons (Fsp3) is 0.595. The van der Waals surface area contributed by atoms with Crippen molar-refractivity contribution >= 4 is 150 Å². The minimum Gasteiger partial charge on any atom is -0.481 e. The average Bonchev–Trinajstić information content (AvgIpc) is 1.49. The first-order chi connectivity index (χ1) is 54.7. The molecule has 12 rings (SSSR count). The van der Waals surface area contributed by atoms with Crippen LogP contribution in [0.2, 0.25) is 40.2 Å². The molecule has 4 aromatic carbocycles. The van der Waals surface area contributed by atoms with Crippen LogP contribution in [0.3, 0.4) is 0 Å². The zero-order chi connectivity index (χ0) is 83.2. The molecule has 5 amide bonds. The first-order valence-electron chi connectivity index (χ1n) is 39.2. The molecule has 8 saturated heterocycles. The van der Waals surface area contributed by atoms with E-state index in [2.05, 4.69) is 24.5 Å². The number of benzene rings is 4. The summed E-state index contributed by atoms with van der Waals surface area (Å²) in [4.78, 5) is 120. The van der Waals surface area contributed by atoms with Gasteiger partial charge in [-0.3, -0.25) is 43.4 Å². The lowest BCUT2D eigenvalue weighted by Crippen LogP contribution is -2.64. The number of likely N-dealkylation sites (N-methyl/N-ethyl adjacent to an activating group) is 1. The van der Waals surface area contributed by atoms with E-state index in [1.54, 1.807) is 65.6 Å². The van der Waals surface area contributed by atoms with Gasteiger partial charge in [-0.2, -0.15) is 4.31 Å². The smallest absolute Gasteiger partial charge is 0.329 e. The zero-order valence-corrected chi connectivity index (χ0v) is 72.0. The normalized spacial score (nSPS) is 21.9. The molecule has 0 radical (unpaired) electrons. The number of nitrogens with two attached hydrogens (primary N) is 1. The predicted octanol–water partition coefficient (Wildman–Crippen LogP) is 8.05. The van der Waals surface area contributed by atoms with Gasteiger partial charge in [0.25, 0.3) is 0 Å². The van der Waals surface area contributed by atoms with Crippen molar-refractivity contribution in [1.82, 2.24) is 58.2 Å². The van der Waals surface area contributed by atoms with Crippen LogP contribution in [0.15, 0.2) is 72.8 Å². The van der Waals surface area contributed by atoms with Gasteiger partial charge in [0, 0.05) is 98.2 Å². The van der Waals surface area contributed by atoms with Crippen LogP contribution in [0.4, 0.5) is 0 Å². The van der Waals surface area contributed by atoms with E-state index < -0.39 is 40.4 Å². The molecule has 0 saturated carbocycles. The van der Waals surface area contributed by atoms with E-state index in [-0.39, 0.29) is 105 Å². The fourth-order valence-corrected chi connectivity index (χ4v) is 18.4. The Morgan fingerprint density at radius 2 is 0.774 bits per heavy atom. The lowest BCUT2D eigenvalue weighted by molar-refractivity contribution is -0.146. The molecular weight excluding hydrogens is 1670 g/mol. The van der Waals surface area contributed by atoms with E-state index in [1.165, 1.54) is 36.2 Å². The number of aliphatic carboxylic acids is 3. The number of sulfonamides is 1. The van der Waals surface area contributed by atoms with Crippen molar-refractivity contribution in [1.29, 1.82) is 0 Å². The van der Waals surface area contributed by atoms with Crippen LogP contribution in [-0.4, -0.2) is 349 Å². The van der Waals surface area contributed by atoms with E-state index in [0.717, 1.165) is 113 Å². The maximum Gasteiger partial charge on any atom is 0.329 e. The van der Waals surface area contributed by atoms with Gasteiger partial charge in [0.15, 0.2) is 0 Å². The van der Waals surface area contributed by atoms with Gasteiger partial charge in [-0.05, 0) is 182 Å². The minimum absolute atomic E-state index is 0.00599. The number of rotatable bonds is 26. The third-order valence-corrected chi connectivity index (χ3v) is 26.5. The molecule has 8 fully saturated rings. The summed E-state index contributed by atoms with van der Waals surface area (Å²) in [5, 5.41) is 30.5. The van der Waals surface area contributed by atoms with Crippen molar-refractivity contribution in [3.05, 3.63) is 135 Å². The Morgan fingerprint density at radius 1 is 0.417 bits per heavy atom. The molecule has 0 bridgehead atoms. The van der Waals surface area contributed by atoms with Gasteiger partial charge in [0.2, 0.25) is 39.6 Å². The number of likely N-dealkylation sites (tertiary alicyclic amines) is 4. The third-order valence-electron chi connectivity index (χ3n) is 22.3. The molecule has 6 atom stereocenters. The van der Waals surface area contributed by atoms with Crippen LogP contribution in [0, 0.1) is 0 Å². The fourth-order valence-electron chi connectivity index (χ4n) is 16.3. The number of carbonyl (C=O) groups excluding carboxylic acids is 5. The second kappa shape index (κ2) is 45.3. The highest BCUT2D eigenvalue weighted by Gasteiger charge is 2.42. The molecule has 0 aromatic heterocycles. The average molecular weight is 1780 g/mol. The number of piperazine rings is 4. The summed E-state index contributed by atoms with van der Waals surface area (Å²) in [6, 6.07) is 19.4. The van der Waals surface area contributed by atoms with E-state index in [4.69, 9.17) is 119 Å². The summed E-state index contributed by atoms with van der Waals surface area (Å²) >= 11 is 48.2. The van der Waals surface area contributed by atoms with Gasteiger partial charge in [-0.1, -0.05) is 117 Å². The summed E-state index contributed by atoms with van der Waals surface area (Å²) in [6.07, 6.45) is 11.0. The van der Waals surface area contributed by atoms with Crippen molar-refractivity contribution in [2.45, 2.75) is 120 Å². The van der Waals surface area contributed by atoms with Crippen LogP contribution in [-0.2, 0) is 78.8 Å². The Morgan fingerprint density at radius 3 is 1.15 bits per heavy atom. The van der Waals surface area contributed by atoms with Crippen LogP contribution < -0.4 is 5.73 Å². The van der Waals surface area contributed by atoms with E-state index in [9.17, 15) is 46.8 Å². The summed E-state index contributed by atoms with van der Waals surface area (Å²) in [5.41, 5.74) is 9.04. The van der Waals surface area contributed by atoms with Crippen LogP contribution in [0.1, 0.15) is 80.0 Å². The Hall–Kier alpha value is -5.45. The van der Waals surface area contributed by atoms with Gasteiger partial charge in [0.1, 0.15) is 6.61 Å². The number of hydrogen-bond donors (Lipinski definition) is 4. The maximum absolute atomic E-state index is 13.3. The summed E-state index contributed by atoms with van der Waals surface area (Å²) < 4.78 is 30.9. The van der Waals surface area contributed by atoms with Crippen molar-refractivity contribution in [3.63, 3.8) is 0 Å². The molecule has 36 heteroatoms. The van der Waals surface area contributed by atoms with Crippen molar-refractivity contribution in [3.8, 4) is 0 Å². The van der Waals surface area contributed by atoms with E-state index in [1.807, 2.05) is 43.7 Å². The van der Waals surface area contributed by atoms with Gasteiger partial charge in [-0.15, -0.1) is 0 Å². The van der Waals surface area contributed by atoms with Crippen LogP contribution in [0.5, 0.6) is 0 Å². The summed E-state index contributed by atoms with van der Waals surface area (Å²) in [7, 11) is -1.26. The standard InChI is InChI=1S/C21H28Cl2N4O4.C21H29Cl2N3O4.C19H25Cl2N3O3.C18H25Cl2N3O3S/c22-16-4-3-14(9-17(16)23)10-19(28)27-8-7-26(21(31)18(24)11-20(29)30)13-15(27)12-25-5-1-2-6-25;1-24-8-9-26(20(27)11-15-4-5-16(22)17(23)10-15)18(12-25-6-2-3-7-25)19(24)13-30-14-21(28)29;20-16-4-3-14(9-17(16)21)10-18(25)24-8-7-23(13-19(26)27)12-15(24)11-22-5-1-2-6-22;1-27(25,26)22-8-9-23(15(13-22)12-21-6-2-3-7-21)18(24)11-14-4-5-16(19)17(20)10-14/h3-4,9,15,18H,1-2,5-8,10-13,24H2,(H,29,30);4-5,10,18-19H,2-3,6-9,11-14H2,1H3,(H,28,29);3-4,9,15H,1-2,5-8,10-13H2,(H,26,27);4-5,10,15H,2-3,6-9,11-13H2,1H3/t15-,18+;18-,19+;2*15-/m1111/s1. The molecule has 634 valence electrons. The molecule has 4 aromatic rings. The second-order valence-electron chi connectivity index (χ2n) is 30.8. The number of carboxylic acid groups (broad SMARTS) is 3. The maximum atomic E-state index is 13.3. The number of carboxylic acids is 3. The predicted molar refractivity (Wildman–Crippen MR) is 448 cm³/mol. The Kier molecular flexibility index (Phi) is 36.8. The number of amides is 5. The molecule has 8 aliphatic heterocycles. The highest BCUT2D eigenvalue weighted by Crippen LogP contribution is 2.30. The molecule has 0 unspecified atom stereocenters. The first kappa shape index (κ1) is 93.4. The molecule has 8 aliphatic rings. The quantitative estimate of drug-likeness (QED) is 0.0462. The van der Waals surface area contributed by atoms with E-state index >= 15 is 0 Å². The number of hydrogen-bond acceptors (Lipinski definition) is 18. The topological polar surface area (TPSA) is 306 Å². The molecule has 27 nitrogen and oxygen atoms in total. The number of halogens is 8. The molecule has 8 heterocycles.